The number of rotatable bonds is 8. The lowest BCUT2D eigenvalue weighted by Crippen LogP contribution is -2.29. The highest BCUT2D eigenvalue weighted by molar-refractivity contribution is 6.30. The van der Waals surface area contributed by atoms with Gasteiger partial charge in [-0.25, -0.2) is 15.0 Å². The van der Waals surface area contributed by atoms with Crippen LogP contribution in [-0.4, -0.2) is 33.9 Å². The lowest BCUT2D eigenvalue weighted by Gasteiger charge is -2.09. The minimum Gasteiger partial charge on any atom is -0.368 e. The second-order valence-corrected chi connectivity index (χ2v) is 5.90. The molecule has 2 heterocycles. The fourth-order valence-corrected chi connectivity index (χ4v) is 2.25. The summed E-state index contributed by atoms with van der Waals surface area (Å²) < 4.78 is 0. The third-order valence-corrected chi connectivity index (χ3v) is 3.55. The number of hydrogen-bond acceptors (Lipinski definition) is 5. The molecule has 0 aromatic carbocycles. The molecule has 0 saturated heterocycles. The summed E-state index contributed by atoms with van der Waals surface area (Å²) in [6, 6.07) is 5.14. The molecule has 0 aliphatic rings. The van der Waals surface area contributed by atoms with Crippen molar-refractivity contribution in [3.63, 3.8) is 0 Å². The zero-order valence-electron chi connectivity index (χ0n) is 14.0. The van der Waals surface area contributed by atoms with E-state index >= 15 is 0 Å². The number of unbranched alkanes of at least 4 members (excludes halogenated alkanes) is 1. The smallest absolute Gasteiger partial charge is 0.269 e. The first-order valence-electron chi connectivity index (χ1n) is 8.06. The van der Waals surface area contributed by atoms with Crippen LogP contribution < -0.4 is 10.6 Å². The van der Waals surface area contributed by atoms with Crippen LogP contribution in [0.1, 0.15) is 41.8 Å². The summed E-state index contributed by atoms with van der Waals surface area (Å²) in [5.41, 5.74) is 1.28. The Morgan fingerprint density at radius 3 is 2.79 bits per heavy atom. The average molecular weight is 348 g/mol. The number of nitrogens with one attached hydrogen (secondary N) is 2. The Bertz CT molecular complexity index is 675. The Labute approximate surface area is 147 Å². The number of carbonyl (C=O) groups excluding carboxylic acids is 1. The molecule has 6 nitrogen and oxygen atoms in total. The number of nitrogens with zero attached hydrogens (tertiary/aromatic N) is 3. The molecule has 0 atom stereocenters. The van der Waals surface area contributed by atoms with E-state index in [-0.39, 0.29) is 5.91 Å². The van der Waals surface area contributed by atoms with Crippen molar-refractivity contribution in [2.24, 2.45) is 0 Å². The number of halogens is 1. The summed E-state index contributed by atoms with van der Waals surface area (Å²) in [5, 5.41) is 6.52. The monoisotopic (exact) mass is 347 g/mol. The van der Waals surface area contributed by atoms with E-state index in [9.17, 15) is 4.79 Å². The lowest BCUT2D eigenvalue weighted by atomic mass is 10.2. The second kappa shape index (κ2) is 9.17. The molecule has 2 rings (SSSR count). The predicted molar refractivity (Wildman–Crippen MR) is 95.5 cm³/mol. The minimum atomic E-state index is -0.226. The minimum absolute atomic E-state index is 0.226. The van der Waals surface area contributed by atoms with Crippen LogP contribution >= 0.6 is 11.6 Å². The molecule has 24 heavy (non-hydrogen) atoms. The van der Waals surface area contributed by atoms with Gasteiger partial charge >= 0.3 is 0 Å². The summed E-state index contributed by atoms with van der Waals surface area (Å²) in [7, 11) is 0. The number of anilines is 1. The Morgan fingerprint density at radius 2 is 2.08 bits per heavy atom. The molecule has 2 N–H and O–H groups in total. The first kappa shape index (κ1) is 18.1. The van der Waals surface area contributed by atoms with Crippen molar-refractivity contribution in [1.82, 2.24) is 20.3 Å². The van der Waals surface area contributed by atoms with Gasteiger partial charge in [-0.3, -0.25) is 4.79 Å². The zero-order valence-corrected chi connectivity index (χ0v) is 14.7. The van der Waals surface area contributed by atoms with Crippen molar-refractivity contribution in [2.45, 2.75) is 33.1 Å². The number of hydrogen-bond donors (Lipinski definition) is 2. The number of aromatic nitrogens is 3. The highest BCUT2D eigenvalue weighted by Crippen LogP contribution is 2.08. The van der Waals surface area contributed by atoms with Gasteiger partial charge in [0.15, 0.2) is 0 Å². The van der Waals surface area contributed by atoms with Gasteiger partial charge < -0.3 is 10.6 Å². The van der Waals surface area contributed by atoms with E-state index in [1.807, 2.05) is 13.0 Å². The third-order valence-electron chi connectivity index (χ3n) is 3.33. The standard InChI is InChI=1S/C17H22ClN5O/c1-3-4-5-15-22-12(2)10-16(23-15)19-8-9-20-17(24)14-7-6-13(18)11-21-14/h6-7,10-11H,3-5,8-9H2,1-2H3,(H,20,24)(H,19,22,23). The van der Waals surface area contributed by atoms with Crippen molar-refractivity contribution < 1.29 is 4.79 Å². The van der Waals surface area contributed by atoms with Gasteiger partial charge in [-0.15, -0.1) is 0 Å². The Balaban J connectivity index is 1.80. The molecule has 0 saturated carbocycles. The van der Waals surface area contributed by atoms with Gasteiger partial charge in [-0.05, 0) is 25.5 Å². The van der Waals surface area contributed by atoms with Crippen LogP contribution in [0, 0.1) is 6.92 Å². The maximum Gasteiger partial charge on any atom is 0.269 e. The van der Waals surface area contributed by atoms with Crippen LogP contribution in [0.15, 0.2) is 24.4 Å². The maximum atomic E-state index is 11.9. The van der Waals surface area contributed by atoms with Crippen molar-refractivity contribution in [3.05, 3.63) is 46.6 Å². The molecule has 2 aromatic rings. The molecule has 7 heteroatoms. The fourth-order valence-electron chi connectivity index (χ4n) is 2.13. The van der Waals surface area contributed by atoms with Gasteiger partial charge in [-0.1, -0.05) is 24.9 Å². The maximum absolute atomic E-state index is 11.9. The molecule has 2 aromatic heterocycles. The Hall–Kier alpha value is -2.21. The Kier molecular flexibility index (Phi) is 6.93. The lowest BCUT2D eigenvalue weighted by molar-refractivity contribution is 0.0950. The molecule has 0 radical (unpaired) electrons. The van der Waals surface area contributed by atoms with Crippen LogP contribution in [0.4, 0.5) is 5.82 Å². The molecule has 128 valence electrons. The summed E-state index contributed by atoms with van der Waals surface area (Å²) in [6.07, 6.45) is 4.53. The predicted octanol–water partition coefficient (Wildman–Crippen LogP) is 3.02. The van der Waals surface area contributed by atoms with E-state index in [1.165, 1.54) is 6.20 Å². The van der Waals surface area contributed by atoms with E-state index in [0.29, 0.717) is 23.8 Å². The summed E-state index contributed by atoms with van der Waals surface area (Å²) in [6.45, 7) is 5.14. The van der Waals surface area contributed by atoms with Crippen LogP contribution in [0.3, 0.4) is 0 Å². The summed E-state index contributed by atoms with van der Waals surface area (Å²) in [5.74, 6) is 1.41. The van der Waals surface area contributed by atoms with E-state index in [2.05, 4.69) is 32.5 Å². The molecule has 0 fully saturated rings. The molecule has 0 unspecified atom stereocenters. The topological polar surface area (TPSA) is 79.8 Å². The van der Waals surface area contributed by atoms with Crippen LogP contribution in [-0.2, 0) is 6.42 Å². The second-order valence-electron chi connectivity index (χ2n) is 5.46. The fraction of sp³-hybridized carbons (Fsp3) is 0.412. The number of carbonyl (C=O) groups is 1. The number of amides is 1. The van der Waals surface area contributed by atoms with E-state index in [1.54, 1.807) is 12.1 Å². The van der Waals surface area contributed by atoms with Gasteiger partial charge in [0.05, 0.1) is 5.02 Å². The van der Waals surface area contributed by atoms with Crippen LogP contribution in [0.25, 0.3) is 0 Å². The average Bonchev–Trinajstić information content (AvgIpc) is 2.57. The highest BCUT2D eigenvalue weighted by atomic mass is 35.5. The van der Waals surface area contributed by atoms with Gasteiger partial charge in [0.25, 0.3) is 5.91 Å². The van der Waals surface area contributed by atoms with Crippen LogP contribution in [0.2, 0.25) is 5.02 Å². The molecular weight excluding hydrogens is 326 g/mol. The van der Waals surface area contributed by atoms with Crippen molar-refractivity contribution in [1.29, 1.82) is 0 Å². The largest absolute Gasteiger partial charge is 0.368 e. The Morgan fingerprint density at radius 1 is 1.25 bits per heavy atom. The molecule has 1 amide bonds. The zero-order chi connectivity index (χ0) is 17.4. The molecule has 0 aliphatic heterocycles. The normalized spacial score (nSPS) is 10.5. The third kappa shape index (κ3) is 5.77. The highest BCUT2D eigenvalue weighted by Gasteiger charge is 2.06. The van der Waals surface area contributed by atoms with Gasteiger partial charge in [-0.2, -0.15) is 0 Å². The van der Waals surface area contributed by atoms with Crippen molar-refractivity contribution >= 4 is 23.3 Å². The SMILES string of the molecule is CCCCc1nc(C)cc(NCCNC(=O)c2ccc(Cl)cn2)n1. The number of aryl methyl sites for hydroxylation is 2. The van der Waals surface area contributed by atoms with E-state index in [0.717, 1.165) is 36.6 Å². The van der Waals surface area contributed by atoms with E-state index in [4.69, 9.17) is 11.6 Å². The molecular formula is C17H22ClN5O. The van der Waals surface area contributed by atoms with Gasteiger partial charge in [0.2, 0.25) is 0 Å². The van der Waals surface area contributed by atoms with Crippen molar-refractivity contribution in [3.8, 4) is 0 Å². The summed E-state index contributed by atoms with van der Waals surface area (Å²) >= 11 is 5.75. The quantitative estimate of drug-likeness (QED) is 0.717. The van der Waals surface area contributed by atoms with Crippen molar-refractivity contribution in [2.75, 3.05) is 18.4 Å². The van der Waals surface area contributed by atoms with Gasteiger partial charge in [0, 0.05) is 37.5 Å². The van der Waals surface area contributed by atoms with Gasteiger partial charge in [0.1, 0.15) is 17.3 Å². The molecule has 0 bridgehead atoms. The first-order valence-corrected chi connectivity index (χ1v) is 8.44. The molecule has 0 spiro atoms. The van der Waals surface area contributed by atoms with E-state index < -0.39 is 0 Å². The van der Waals surface area contributed by atoms with Crippen LogP contribution in [0.5, 0.6) is 0 Å². The molecule has 0 aliphatic carbocycles. The first-order chi connectivity index (χ1) is 11.6. The number of pyridine rings is 1. The summed E-state index contributed by atoms with van der Waals surface area (Å²) in [4.78, 5) is 24.8.